The SMILES string of the molecule is OC12CCCN1CCCN2Cc1ccccc1. The Balaban J connectivity index is 1.78. The number of hydrogen-bond acceptors (Lipinski definition) is 3. The van der Waals surface area contributed by atoms with Crippen LogP contribution in [0.1, 0.15) is 24.8 Å². The fourth-order valence-corrected chi connectivity index (χ4v) is 3.13. The molecule has 2 aliphatic heterocycles. The average Bonchev–Trinajstić information content (AvgIpc) is 2.74. The van der Waals surface area contributed by atoms with E-state index in [0.717, 1.165) is 45.4 Å². The van der Waals surface area contributed by atoms with Gasteiger partial charge in [0.2, 0.25) is 0 Å². The van der Waals surface area contributed by atoms with Crippen molar-refractivity contribution in [2.24, 2.45) is 0 Å². The number of benzene rings is 1. The van der Waals surface area contributed by atoms with Crippen molar-refractivity contribution in [1.82, 2.24) is 9.80 Å². The van der Waals surface area contributed by atoms with Gasteiger partial charge in [-0.15, -0.1) is 0 Å². The van der Waals surface area contributed by atoms with E-state index in [9.17, 15) is 5.11 Å². The number of fused-ring (bicyclic) bond motifs is 1. The van der Waals surface area contributed by atoms with Crippen LogP contribution >= 0.6 is 0 Å². The second-order valence-corrected chi connectivity index (χ2v) is 5.13. The highest BCUT2D eigenvalue weighted by molar-refractivity contribution is 5.15. The molecule has 0 spiro atoms. The van der Waals surface area contributed by atoms with Crippen molar-refractivity contribution in [3.8, 4) is 0 Å². The van der Waals surface area contributed by atoms with Gasteiger partial charge in [0.25, 0.3) is 0 Å². The van der Waals surface area contributed by atoms with Gasteiger partial charge in [-0.3, -0.25) is 9.80 Å². The third-order valence-electron chi connectivity index (χ3n) is 4.03. The smallest absolute Gasteiger partial charge is 0.177 e. The van der Waals surface area contributed by atoms with Gasteiger partial charge in [0.15, 0.2) is 5.85 Å². The minimum atomic E-state index is -0.673. The van der Waals surface area contributed by atoms with Crippen LogP contribution in [0.15, 0.2) is 30.3 Å². The van der Waals surface area contributed by atoms with Gasteiger partial charge in [-0.1, -0.05) is 30.3 Å². The number of nitrogens with zero attached hydrogens (tertiary/aromatic N) is 2. The van der Waals surface area contributed by atoms with Crippen LogP contribution in [-0.2, 0) is 6.54 Å². The fraction of sp³-hybridized carbons (Fsp3) is 0.571. The molecule has 2 fully saturated rings. The summed E-state index contributed by atoms with van der Waals surface area (Å²) in [6.07, 6.45) is 3.16. The van der Waals surface area contributed by atoms with Crippen LogP contribution < -0.4 is 0 Å². The lowest BCUT2D eigenvalue weighted by atomic mass is 10.1. The maximum Gasteiger partial charge on any atom is 0.177 e. The van der Waals surface area contributed by atoms with Crippen molar-refractivity contribution in [2.45, 2.75) is 31.7 Å². The van der Waals surface area contributed by atoms with Crippen LogP contribution in [-0.4, -0.2) is 40.4 Å². The zero-order valence-electron chi connectivity index (χ0n) is 10.2. The predicted octanol–water partition coefficient (Wildman–Crippen LogP) is 1.63. The van der Waals surface area contributed by atoms with Crippen molar-refractivity contribution in [3.63, 3.8) is 0 Å². The number of aliphatic hydroxyl groups is 1. The molecule has 2 heterocycles. The highest BCUT2D eigenvalue weighted by atomic mass is 16.3. The quantitative estimate of drug-likeness (QED) is 0.839. The fourth-order valence-electron chi connectivity index (χ4n) is 3.13. The van der Waals surface area contributed by atoms with Crippen molar-refractivity contribution in [3.05, 3.63) is 35.9 Å². The van der Waals surface area contributed by atoms with Crippen molar-refractivity contribution >= 4 is 0 Å². The monoisotopic (exact) mass is 232 g/mol. The van der Waals surface area contributed by atoms with E-state index in [1.165, 1.54) is 5.56 Å². The van der Waals surface area contributed by atoms with E-state index in [0.29, 0.717) is 0 Å². The van der Waals surface area contributed by atoms with Gasteiger partial charge in [0.05, 0.1) is 0 Å². The molecule has 0 saturated carbocycles. The molecular formula is C14H20N2O. The summed E-state index contributed by atoms with van der Waals surface area (Å²) < 4.78 is 0. The van der Waals surface area contributed by atoms with E-state index in [2.05, 4.69) is 34.1 Å². The second-order valence-electron chi connectivity index (χ2n) is 5.13. The Hall–Kier alpha value is -0.900. The van der Waals surface area contributed by atoms with E-state index in [1.807, 2.05) is 6.07 Å². The normalized spacial score (nSPS) is 30.4. The van der Waals surface area contributed by atoms with Gasteiger partial charge in [0.1, 0.15) is 0 Å². The van der Waals surface area contributed by atoms with Crippen molar-refractivity contribution in [2.75, 3.05) is 19.6 Å². The summed E-state index contributed by atoms with van der Waals surface area (Å²) in [7, 11) is 0. The van der Waals surface area contributed by atoms with E-state index < -0.39 is 5.85 Å². The van der Waals surface area contributed by atoms with Crippen LogP contribution in [0.2, 0.25) is 0 Å². The summed E-state index contributed by atoms with van der Waals surface area (Å²) in [6, 6.07) is 10.4. The van der Waals surface area contributed by atoms with Crippen molar-refractivity contribution < 1.29 is 5.11 Å². The van der Waals surface area contributed by atoms with Gasteiger partial charge in [-0.2, -0.15) is 0 Å². The van der Waals surface area contributed by atoms with E-state index in [4.69, 9.17) is 0 Å². The standard InChI is InChI=1S/C14H20N2O/c17-14-8-4-9-15(14)10-5-11-16(14)12-13-6-2-1-3-7-13/h1-3,6-7,17H,4-5,8-12H2. The van der Waals surface area contributed by atoms with Crippen LogP contribution in [0.5, 0.6) is 0 Å². The Morgan fingerprint density at radius 1 is 1.06 bits per heavy atom. The Morgan fingerprint density at radius 3 is 2.65 bits per heavy atom. The minimum Gasteiger partial charge on any atom is -0.363 e. The lowest BCUT2D eigenvalue weighted by molar-refractivity contribution is -0.218. The van der Waals surface area contributed by atoms with E-state index in [-0.39, 0.29) is 0 Å². The molecule has 0 bridgehead atoms. The third kappa shape index (κ3) is 1.99. The van der Waals surface area contributed by atoms with Crippen LogP contribution in [0.4, 0.5) is 0 Å². The summed E-state index contributed by atoms with van der Waals surface area (Å²) in [5, 5.41) is 10.8. The Labute approximate surface area is 103 Å². The van der Waals surface area contributed by atoms with Gasteiger partial charge >= 0.3 is 0 Å². The summed E-state index contributed by atoms with van der Waals surface area (Å²) in [5.41, 5.74) is 1.29. The van der Waals surface area contributed by atoms with Gasteiger partial charge in [0, 0.05) is 32.6 Å². The lowest BCUT2D eigenvalue weighted by Gasteiger charge is -2.46. The van der Waals surface area contributed by atoms with Gasteiger partial charge in [-0.25, -0.2) is 0 Å². The molecule has 2 saturated heterocycles. The summed E-state index contributed by atoms with van der Waals surface area (Å²) in [4.78, 5) is 4.47. The summed E-state index contributed by atoms with van der Waals surface area (Å²) >= 11 is 0. The molecule has 1 unspecified atom stereocenters. The van der Waals surface area contributed by atoms with E-state index >= 15 is 0 Å². The molecule has 0 aliphatic carbocycles. The molecule has 0 amide bonds. The van der Waals surface area contributed by atoms with Crippen molar-refractivity contribution in [1.29, 1.82) is 0 Å². The summed E-state index contributed by atoms with van der Waals surface area (Å²) in [6.45, 7) is 3.94. The number of hydrogen-bond donors (Lipinski definition) is 1. The highest BCUT2D eigenvalue weighted by Gasteiger charge is 2.45. The third-order valence-corrected chi connectivity index (χ3v) is 4.03. The number of rotatable bonds is 2. The molecule has 1 N–H and O–H groups in total. The maximum absolute atomic E-state index is 10.8. The zero-order chi connectivity index (χ0) is 11.7. The minimum absolute atomic E-state index is 0.673. The molecule has 3 rings (SSSR count). The molecule has 3 heteroatoms. The molecule has 0 aromatic heterocycles. The van der Waals surface area contributed by atoms with Gasteiger partial charge in [-0.05, 0) is 18.4 Å². The lowest BCUT2D eigenvalue weighted by Crippen LogP contribution is -2.61. The Kier molecular flexibility index (Phi) is 2.90. The molecule has 1 aromatic carbocycles. The predicted molar refractivity (Wildman–Crippen MR) is 67.2 cm³/mol. The second kappa shape index (κ2) is 4.41. The first-order chi connectivity index (χ1) is 8.29. The molecule has 92 valence electrons. The molecule has 0 radical (unpaired) electrons. The Morgan fingerprint density at radius 2 is 1.82 bits per heavy atom. The molecule has 17 heavy (non-hydrogen) atoms. The first-order valence-electron chi connectivity index (χ1n) is 6.55. The molecule has 2 aliphatic rings. The maximum atomic E-state index is 10.8. The van der Waals surface area contributed by atoms with Crippen LogP contribution in [0.25, 0.3) is 0 Å². The molecule has 1 atom stereocenters. The first kappa shape index (κ1) is 11.2. The zero-order valence-corrected chi connectivity index (χ0v) is 10.2. The Bertz CT molecular complexity index is 381. The molecule has 3 nitrogen and oxygen atoms in total. The summed E-state index contributed by atoms with van der Waals surface area (Å²) in [5.74, 6) is -0.673. The molecule has 1 aromatic rings. The first-order valence-corrected chi connectivity index (χ1v) is 6.55. The van der Waals surface area contributed by atoms with Gasteiger partial charge < -0.3 is 5.11 Å². The van der Waals surface area contributed by atoms with Crippen LogP contribution in [0, 0.1) is 0 Å². The van der Waals surface area contributed by atoms with Crippen LogP contribution in [0.3, 0.4) is 0 Å². The largest absolute Gasteiger partial charge is 0.363 e. The van der Waals surface area contributed by atoms with E-state index in [1.54, 1.807) is 0 Å². The average molecular weight is 232 g/mol. The molecular weight excluding hydrogens is 212 g/mol. The highest BCUT2D eigenvalue weighted by Crippen LogP contribution is 2.34. The topological polar surface area (TPSA) is 26.7 Å².